The lowest BCUT2D eigenvalue weighted by molar-refractivity contribution is -0.146. The van der Waals surface area contributed by atoms with Crippen molar-refractivity contribution in [3.8, 4) is 0 Å². The monoisotopic (exact) mass is 267 g/mol. The summed E-state index contributed by atoms with van der Waals surface area (Å²) in [4.78, 5) is 17.4. The zero-order chi connectivity index (χ0) is 14.1. The zero-order valence-electron chi connectivity index (χ0n) is 13.0. The average molecular weight is 267 g/mol. The molecule has 0 radical (unpaired) electrons. The first-order valence-corrected chi connectivity index (χ1v) is 7.63. The van der Waals surface area contributed by atoms with E-state index >= 15 is 0 Å². The van der Waals surface area contributed by atoms with E-state index in [0.29, 0.717) is 5.91 Å². The number of nitrogens with zero attached hydrogens (tertiary/aromatic N) is 2. The van der Waals surface area contributed by atoms with Crippen molar-refractivity contribution in [2.24, 2.45) is 5.41 Å². The third-order valence-electron chi connectivity index (χ3n) is 5.03. The molecule has 2 rings (SSSR count). The Morgan fingerprint density at radius 1 is 1.32 bits per heavy atom. The fourth-order valence-corrected chi connectivity index (χ4v) is 3.47. The van der Waals surface area contributed by atoms with Crippen LogP contribution in [0.3, 0.4) is 0 Å². The van der Waals surface area contributed by atoms with E-state index in [9.17, 15) is 4.79 Å². The number of hydrogen-bond acceptors (Lipinski definition) is 3. The number of carbonyl (C=O) groups excluding carboxylic acids is 1. The molecule has 0 aliphatic carbocycles. The minimum Gasteiger partial charge on any atom is -0.339 e. The van der Waals surface area contributed by atoms with E-state index in [1.165, 1.54) is 0 Å². The second-order valence-corrected chi connectivity index (χ2v) is 6.92. The van der Waals surface area contributed by atoms with Gasteiger partial charge in [0.25, 0.3) is 0 Å². The van der Waals surface area contributed by atoms with Crippen molar-refractivity contribution in [3.63, 3.8) is 0 Å². The molecule has 1 atom stereocenters. The van der Waals surface area contributed by atoms with Gasteiger partial charge >= 0.3 is 0 Å². The molecule has 2 heterocycles. The number of piperazine rings is 1. The summed E-state index contributed by atoms with van der Waals surface area (Å²) >= 11 is 0. The molecule has 19 heavy (non-hydrogen) atoms. The molecule has 0 saturated carbocycles. The van der Waals surface area contributed by atoms with Gasteiger partial charge in [-0.15, -0.1) is 0 Å². The predicted octanol–water partition coefficient (Wildman–Crippen LogP) is 1.32. The maximum absolute atomic E-state index is 13.0. The quantitative estimate of drug-likeness (QED) is 0.838. The van der Waals surface area contributed by atoms with Crippen molar-refractivity contribution in [1.82, 2.24) is 15.1 Å². The van der Waals surface area contributed by atoms with Gasteiger partial charge in [-0.2, -0.15) is 0 Å². The van der Waals surface area contributed by atoms with Crippen LogP contribution in [0.1, 0.15) is 40.0 Å². The van der Waals surface area contributed by atoms with Crippen LogP contribution in [0.5, 0.6) is 0 Å². The molecule has 2 aliphatic heterocycles. The second kappa shape index (κ2) is 5.41. The molecule has 0 aromatic carbocycles. The largest absolute Gasteiger partial charge is 0.339 e. The van der Waals surface area contributed by atoms with Crippen LogP contribution < -0.4 is 5.32 Å². The zero-order valence-corrected chi connectivity index (χ0v) is 13.0. The van der Waals surface area contributed by atoms with Crippen LogP contribution in [0.25, 0.3) is 0 Å². The summed E-state index contributed by atoms with van der Waals surface area (Å²) in [5, 5.41) is 3.39. The van der Waals surface area contributed by atoms with Crippen molar-refractivity contribution in [1.29, 1.82) is 0 Å². The molecule has 4 nitrogen and oxygen atoms in total. The van der Waals surface area contributed by atoms with Gasteiger partial charge in [0.15, 0.2) is 0 Å². The Bertz CT molecular complexity index is 334. The Labute approximate surface area is 117 Å². The van der Waals surface area contributed by atoms with Gasteiger partial charge < -0.3 is 10.2 Å². The first-order chi connectivity index (χ1) is 8.91. The van der Waals surface area contributed by atoms with E-state index < -0.39 is 0 Å². The third kappa shape index (κ3) is 2.79. The first kappa shape index (κ1) is 14.8. The molecular weight excluding hydrogens is 238 g/mol. The minimum atomic E-state index is -0.124. The molecule has 1 N–H and O–H groups in total. The number of rotatable bonds is 3. The van der Waals surface area contributed by atoms with Crippen LogP contribution in [0.4, 0.5) is 0 Å². The van der Waals surface area contributed by atoms with E-state index in [1.807, 2.05) is 0 Å². The molecule has 4 heteroatoms. The minimum absolute atomic E-state index is 0.0906. The molecule has 0 aromatic rings. The van der Waals surface area contributed by atoms with Gasteiger partial charge in [0.2, 0.25) is 5.91 Å². The summed E-state index contributed by atoms with van der Waals surface area (Å²) in [7, 11) is 2.15. The van der Waals surface area contributed by atoms with Crippen LogP contribution in [-0.2, 0) is 4.79 Å². The van der Waals surface area contributed by atoms with E-state index in [0.717, 1.165) is 52.0 Å². The Morgan fingerprint density at radius 2 is 2.05 bits per heavy atom. The van der Waals surface area contributed by atoms with Crippen molar-refractivity contribution in [2.45, 2.75) is 45.6 Å². The maximum atomic E-state index is 13.0. The van der Waals surface area contributed by atoms with Gasteiger partial charge in [-0.25, -0.2) is 0 Å². The summed E-state index contributed by atoms with van der Waals surface area (Å²) in [5.41, 5.74) is -0.0336. The van der Waals surface area contributed by atoms with Crippen LogP contribution in [0.15, 0.2) is 0 Å². The highest BCUT2D eigenvalue weighted by molar-refractivity contribution is 5.83. The Morgan fingerprint density at radius 3 is 2.58 bits per heavy atom. The lowest BCUT2D eigenvalue weighted by Gasteiger charge is -2.47. The molecule has 2 saturated heterocycles. The van der Waals surface area contributed by atoms with Gasteiger partial charge in [0.05, 0.1) is 5.41 Å². The summed E-state index contributed by atoms with van der Waals surface area (Å²) < 4.78 is 0. The molecular formula is C15H29N3O. The average Bonchev–Trinajstić information content (AvgIpc) is 2.82. The molecule has 110 valence electrons. The van der Waals surface area contributed by atoms with Crippen molar-refractivity contribution in [3.05, 3.63) is 0 Å². The summed E-state index contributed by atoms with van der Waals surface area (Å²) in [5.74, 6) is 0.389. The van der Waals surface area contributed by atoms with E-state index in [4.69, 9.17) is 0 Å². The summed E-state index contributed by atoms with van der Waals surface area (Å²) in [6.07, 6.45) is 3.11. The van der Waals surface area contributed by atoms with Crippen molar-refractivity contribution in [2.75, 3.05) is 39.8 Å². The lowest BCUT2D eigenvalue weighted by atomic mass is 9.80. The highest BCUT2D eigenvalue weighted by atomic mass is 16.2. The highest BCUT2D eigenvalue weighted by Crippen LogP contribution is 2.34. The number of carbonyl (C=O) groups is 1. The van der Waals surface area contributed by atoms with Crippen LogP contribution in [0, 0.1) is 5.41 Å². The fraction of sp³-hybridized carbons (Fsp3) is 0.933. The molecule has 1 amide bonds. The number of amides is 1. The SMILES string of the molecule is CCCC1(C(=O)N2CCN(C)C(C)(C)C2)CCNC1. The van der Waals surface area contributed by atoms with Gasteiger partial charge in [-0.1, -0.05) is 13.3 Å². The third-order valence-corrected chi connectivity index (χ3v) is 5.03. The molecule has 2 fully saturated rings. The normalized spacial score (nSPS) is 31.7. The van der Waals surface area contributed by atoms with Crippen LogP contribution in [-0.4, -0.2) is 61.0 Å². The summed E-state index contributed by atoms with van der Waals surface area (Å²) in [6, 6.07) is 0. The first-order valence-electron chi connectivity index (χ1n) is 7.63. The van der Waals surface area contributed by atoms with Crippen LogP contribution >= 0.6 is 0 Å². The fourth-order valence-electron chi connectivity index (χ4n) is 3.47. The molecule has 1 unspecified atom stereocenters. The van der Waals surface area contributed by atoms with Gasteiger partial charge in [-0.3, -0.25) is 9.69 Å². The van der Waals surface area contributed by atoms with Gasteiger partial charge in [0.1, 0.15) is 0 Å². The van der Waals surface area contributed by atoms with Crippen LogP contribution in [0.2, 0.25) is 0 Å². The highest BCUT2D eigenvalue weighted by Gasteiger charge is 2.45. The number of hydrogen-bond donors (Lipinski definition) is 1. The van der Waals surface area contributed by atoms with E-state index in [-0.39, 0.29) is 11.0 Å². The van der Waals surface area contributed by atoms with Gasteiger partial charge in [-0.05, 0) is 40.3 Å². The second-order valence-electron chi connectivity index (χ2n) is 6.92. The Balaban J connectivity index is 2.10. The maximum Gasteiger partial charge on any atom is 0.230 e. The summed E-state index contributed by atoms with van der Waals surface area (Å²) in [6.45, 7) is 11.2. The van der Waals surface area contributed by atoms with Gasteiger partial charge in [0, 0.05) is 31.7 Å². The predicted molar refractivity (Wildman–Crippen MR) is 78.1 cm³/mol. The van der Waals surface area contributed by atoms with Crippen molar-refractivity contribution >= 4 is 5.91 Å². The molecule has 0 aromatic heterocycles. The number of nitrogens with one attached hydrogen (secondary N) is 1. The topological polar surface area (TPSA) is 35.6 Å². The Hall–Kier alpha value is -0.610. The van der Waals surface area contributed by atoms with E-state index in [1.54, 1.807) is 0 Å². The lowest BCUT2D eigenvalue weighted by Crippen LogP contribution is -2.61. The Kier molecular flexibility index (Phi) is 4.21. The van der Waals surface area contributed by atoms with Crippen molar-refractivity contribution < 1.29 is 4.79 Å². The number of likely N-dealkylation sites (N-methyl/N-ethyl adjacent to an activating group) is 1. The molecule has 0 bridgehead atoms. The standard InChI is InChI=1S/C15H29N3O/c1-5-6-15(7-8-16-11-15)13(19)18-10-9-17(4)14(2,3)12-18/h16H,5-12H2,1-4H3. The van der Waals surface area contributed by atoms with E-state index in [2.05, 4.69) is 42.9 Å². The molecule has 2 aliphatic rings. The smallest absolute Gasteiger partial charge is 0.230 e. The molecule has 0 spiro atoms.